The van der Waals surface area contributed by atoms with Gasteiger partial charge < -0.3 is 5.32 Å². The molecule has 3 rings (SSSR count). The Labute approximate surface area is 166 Å². The Morgan fingerprint density at radius 2 is 1.79 bits per heavy atom. The van der Waals surface area contributed by atoms with Crippen LogP contribution in [0.4, 0.5) is 5.69 Å². The number of carbonyl (C=O) groups is 2. The molecule has 0 saturated heterocycles. The second kappa shape index (κ2) is 8.93. The van der Waals surface area contributed by atoms with Crippen molar-refractivity contribution in [3.8, 4) is 17.3 Å². The topological polar surface area (TPSA) is 95.7 Å². The number of aromatic nitrogens is 2. The molecule has 138 valence electrons. The highest BCUT2D eigenvalue weighted by Gasteiger charge is 2.11. The van der Waals surface area contributed by atoms with Crippen LogP contribution in [0, 0.1) is 11.3 Å². The zero-order valence-corrected chi connectivity index (χ0v) is 15.9. The summed E-state index contributed by atoms with van der Waals surface area (Å²) in [6.07, 6.45) is 3.35. The first kappa shape index (κ1) is 19.3. The number of nitriles is 1. The fourth-order valence-electron chi connectivity index (χ4n) is 2.44. The van der Waals surface area contributed by atoms with Gasteiger partial charge in [-0.15, -0.1) is 0 Å². The lowest BCUT2D eigenvalue weighted by Gasteiger charge is -2.08. The van der Waals surface area contributed by atoms with Crippen LogP contribution in [0.3, 0.4) is 0 Å². The van der Waals surface area contributed by atoms with Crippen LogP contribution < -0.4 is 5.32 Å². The van der Waals surface area contributed by atoms with Gasteiger partial charge in [0.1, 0.15) is 11.1 Å². The van der Waals surface area contributed by atoms with Crippen molar-refractivity contribution in [1.29, 1.82) is 5.26 Å². The number of anilines is 1. The molecule has 1 N–H and O–H groups in total. The number of benzene rings is 1. The highest BCUT2D eigenvalue weighted by molar-refractivity contribution is 8.00. The van der Waals surface area contributed by atoms with Crippen molar-refractivity contribution >= 4 is 29.1 Å². The second-order valence-electron chi connectivity index (χ2n) is 5.87. The summed E-state index contributed by atoms with van der Waals surface area (Å²) >= 11 is 1.20. The predicted molar refractivity (Wildman–Crippen MR) is 108 cm³/mol. The van der Waals surface area contributed by atoms with E-state index in [0.29, 0.717) is 27.5 Å². The van der Waals surface area contributed by atoms with Crippen LogP contribution in [0.2, 0.25) is 0 Å². The summed E-state index contributed by atoms with van der Waals surface area (Å²) < 4.78 is 0. The predicted octanol–water partition coefficient (Wildman–Crippen LogP) is 3.95. The summed E-state index contributed by atoms with van der Waals surface area (Å²) in [4.78, 5) is 32.0. The molecule has 0 fully saturated rings. The summed E-state index contributed by atoms with van der Waals surface area (Å²) in [6, 6.07) is 15.9. The summed E-state index contributed by atoms with van der Waals surface area (Å²) in [5, 5.41) is 12.6. The zero-order chi connectivity index (χ0) is 19.9. The quantitative estimate of drug-likeness (QED) is 0.507. The molecule has 0 unspecified atom stereocenters. The number of thioether (sulfide) groups is 1. The van der Waals surface area contributed by atoms with E-state index in [1.807, 2.05) is 12.1 Å². The first-order chi connectivity index (χ1) is 13.6. The number of hydrogen-bond acceptors (Lipinski definition) is 6. The first-order valence-corrected chi connectivity index (χ1v) is 9.40. The molecule has 28 heavy (non-hydrogen) atoms. The molecule has 2 aromatic heterocycles. The van der Waals surface area contributed by atoms with E-state index < -0.39 is 0 Å². The third-order valence-corrected chi connectivity index (χ3v) is 4.86. The molecule has 7 heteroatoms. The lowest BCUT2D eigenvalue weighted by Crippen LogP contribution is -2.14. The molecule has 0 radical (unpaired) electrons. The molecule has 0 aliphatic heterocycles. The van der Waals surface area contributed by atoms with Gasteiger partial charge in [-0.05, 0) is 55.5 Å². The number of hydrogen-bond donors (Lipinski definition) is 1. The number of nitrogens with one attached hydrogen (secondary N) is 1. The average Bonchev–Trinajstić information content (AvgIpc) is 2.73. The van der Waals surface area contributed by atoms with Crippen molar-refractivity contribution in [2.24, 2.45) is 0 Å². The molecule has 0 aliphatic carbocycles. The van der Waals surface area contributed by atoms with Gasteiger partial charge >= 0.3 is 0 Å². The van der Waals surface area contributed by atoms with Gasteiger partial charge in [0.05, 0.1) is 17.0 Å². The van der Waals surface area contributed by atoms with E-state index in [9.17, 15) is 14.9 Å². The van der Waals surface area contributed by atoms with E-state index in [2.05, 4.69) is 21.4 Å². The van der Waals surface area contributed by atoms with Crippen molar-refractivity contribution in [2.45, 2.75) is 11.9 Å². The normalized spacial score (nSPS) is 10.1. The maximum atomic E-state index is 12.2. The Hall–Kier alpha value is -3.50. The van der Waals surface area contributed by atoms with Gasteiger partial charge in [0.15, 0.2) is 5.78 Å². The number of pyridine rings is 2. The van der Waals surface area contributed by atoms with Gasteiger partial charge in [-0.3, -0.25) is 14.6 Å². The van der Waals surface area contributed by atoms with Gasteiger partial charge in [0.2, 0.25) is 5.91 Å². The minimum absolute atomic E-state index is 0.0300. The van der Waals surface area contributed by atoms with Crippen LogP contribution in [0.15, 0.2) is 66.0 Å². The smallest absolute Gasteiger partial charge is 0.234 e. The Morgan fingerprint density at radius 3 is 2.43 bits per heavy atom. The summed E-state index contributed by atoms with van der Waals surface area (Å²) in [5.41, 5.74) is 3.21. The molecule has 0 spiro atoms. The fraction of sp³-hybridized carbons (Fsp3) is 0.0952. The maximum Gasteiger partial charge on any atom is 0.234 e. The van der Waals surface area contributed by atoms with E-state index in [4.69, 9.17) is 0 Å². The Kier molecular flexibility index (Phi) is 6.14. The number of Topliss-reactive ketones (excluding diaryl/α,β-unsaturated/α-hetero) is 1. The molecule has 1 amide bonds. The first-order valence-electron chi connectivity index (χ1n) is 8.42. The van der Waals surface area contributed by atoms with Crippen LogP contribution in [-0.4, -0.2) is 27.4 Å². The van der Waals surface area contributed by atoms with Gasteiger partial charge in [0.25, 0.3) is 0 Å². The monoisotopic (exact) mass is 388 g/mol. The molecule has 0 bridgehead atoms. The number of amides is 1. The van der Waals surface area contributed by atoms with Crippen LogP contribution in [0.1, 0.15) is 22.8 Å². The number of rotatable bonds is 6. The van der Waals surface area contributed by atoms with Crippen molar-refractivity contribution in [3.63, 3.8) is 0 Å². The van der Waals surface area contributed by atoms with Crippen LogP contribution >= 0.6 is 11.8 Å². The van der Waals surface area contributed by atoms with Crippen molar-refractivity contribution < 1.29 is 9.59 Å². The lowest BCUT2D eigenvalue weighted by atomic mass is 10.1. The van der Waals surface area contributed by atoms with Gasteiger partial charge in [-0.25, -0.2) is 4.98 Å². The highest BCUT2D eigenvalue weighted by atomic mass is 32.2. The molecule has 3 aromatic rings. The third kappa shape index (κ3) is 4.81. The number of carbonyl (C=O) groups excluding carboxylic acids is 2. The summed E-state index contributed by atoms with van der Waals surface area (Å²) in [5.74, 6) is -0.145. The third-order valence-electron chi connectivity index (χ3n) is 3.87. The summed E-state index contributed by atoms with van der Waals surface area (Å²) in [7, 11) is 0. The second-order valence-corrected chi connectivity index (χ2v) is 6.83. The minimum Gasteiger partial charge on any atom is -0.325 e. The molecule has 1 aromatic carbocycles. The zero-order valence-electron chi connectivity index (χ0n) is 15.0. The van der Waals surface area contributed by atoms with Gasteiger partial charge in [-0.2, -0.15) is 5.26 Å². The van der Waals surface area contributed by atoms with Crippen LogP contribution in [0.5, 0.6) is 0 Å². The van der Waals surface area contributed by atoms with E-state index >= 15 is 0 Å². The van der Waals surface area contributed by atoms with Crippen LogP contribution in [-0.2, 0) is 4.79 Å². The Balaban J connectivity index is 1.68. The van der Waals surface area contributed by atoms with Crippen molar-refractivity contribution in [1.82, 2.24) is 9.97 Å². The average molecular weight is 388 g/mol. The molecule has 0 atom stereocenters. The molecular weight excluding hydrogens is 372 g/mol. The number of ketones is 1. The number of nitrogens with zero attached hydrogens (tertiary/aromatic N) is 3. The van der Waals surface area contributed by atoms with Gasteiger partial charge in [0, 0.05) is 29.2 Å². The largest absolute Gasteiger partial charge is 0.325 e. The van der Waals surface area contributed by atoms with Crippen molar-refractivity contribution in [3.05, 3.63) is 72.1 Å². The molecule has 6 nitrogen and oxygen atoms in total. The van der Waals surface area contributed by atoms with Crippen LogP contribution in [0.25, 0.3) is 11.3 Å². The summed E-state index contributed by atoms with van der Waals surface area (Å²) in [6.45, 7) is 1.49. The van der Waals surface area contributed by atoms with E-state index in [1.54, 1.807) is 48.8 Å². The minimum atomic E-state index is -0.222. The molecule has 0 aliphatic rings. The van der Waals surface area contributed by atoms with E-state index in [0.717, 1.165) is 5.56 Å². The van der Waals surface area contributed by atoms with E-state index in [-0.39, 0.29) is 17.4 Å². The highest BCUT2D eigenvalue weighted by Crippen LogP contribution is 2.25. The maximum absolute atomic E-state index is 12.2. The fourth-order valence-corrected chi connectivity index (χ4v) is 3.21. The molecule has 0 saturated carbocycles. The lowest BCUT2D eigenvalue weighted by molar-refractivity contribution is -0.113. The standard InChI is InChI=1S/C21H16N4O2S/c1-14(26)15-2-5-18(6-3-15)24-20(27)13-28-21-17(12-22)4-7-19(25-21)16-8-10-23-11-9-16/h2-11H,13H2,1H3,(H,24,27). The Morgan fingerprint density at radius 1 is 1.07 bits per heavy atom. The van der Waals surface area contributed by atoms with Crippen molar-refractivity contribution in [2.75, 3.05) is 11.1 Å². The molecule has 2 heterocycles. The SMILES string of the molecule is CC(=O)c1ccc(NC(=O)CSc2nc(-c3ccncc3)ccc2C#N)cc1. The van der Waals surface area contributed by atoms with E-state index in [1.165, 1.54) is 18.7 Å². The molecular formula is C21H16N4O2S. The van der Waals surface area contributed by atoms with Gasteiger partial charge in [-0.1, -0.05) is 11.8 Å². The Bertz CT molecular complexity index is 1040.